The van der Waals surface area contributed by atoms with Crippen molar-refractivity contribution in [2.75, 3.05) is 7.11 Å². The van der Waals surface area contributed by atoms with Gasteiger partial charge in [-0.1, -0.05) is 23.7 Å². The van der Waals surface area contributed by atoms with Crippen molar-refractivity contribution in [3.63, 3.8) is 0 Å². The number of halogens is 1. The van der Waals surface area contributed by atoms with Crippen LogP contribution in [0.3, 0.4) is 0 Å². The van der Waals surface area contributed by atoms with Crippen molar-refractivity contribution in [2.45, 2.75) is 6.61 Å². The molecule has 0 amide bonds. The van der Waals surface area contributed by atoms with Gasteiger partial charge in [0.25, 0.3) is 0 Å². The lowest BCUT2D eigenvalue weighted by Crippen LogP contribution is -2.02. The molecule has 5 nitrogen and oxygen atoms in total. The van der Waals surface area contributed by atoms with Gasteiger partial charge in [0, 0.05) is 0 Å². The molecule has 0 aromatic heterocycles. The lowest BCUT2D eigenvalue weighted by atomic mass is 10.2. The first kappa shape index (κ1) is 15.0. The number of carboxylic acids is 1. The molecule has 2 rings (SSSR count). The molecule has 0 saturated carbocycles. The van der Waals surface area contributed by atoms with Gasteiger partial charge in [0.1, 0.15) is 12.4 Å². The Balaban J connectivity index is 2.25. The Morgan fingerprint density at radius 1 is 1.29 bits per heavy atom. The number of carboxylic acid groups (broad SMARTS) is 1. The minimum atomic E-state index is -1.10. The standard InChI is InChI=1S/C15H13ClO5/c1-20-13-7-10(15(18)19)6-12(16)14(13)21-8-9-3-2-4-11(17)5-9/h2-7,17H,8H2,1H3,(H,18,19). The molecule has 2 aromatic rings. The first-order valence-corrected chi connectivity index (χ1v) is 6.40. The van der Waals surface area contributed by atoms with Gasteiger partial charge in [0.05, 0.1) is 17.7 Å². The fraction of sp³-hybridized carbons (Fsp3) is 0.133. The second kappa shape index (κ2) is 6.37. The highest BCUT2D eigenvalue weighted by Gasteiger charge is 2.15. The zero-order valence-corrected chi connectivity index (χ0v) is 11.9. The molecular weight excluding hydrogens is 296 g/mol. The number of phenols is 1. The van der Waals surface area contributed by atoms with E-state index in [0.717, 1.165) is 5.56 Å². The van der Waals surface area contributed by atoms with E-state index < -0.39 is 5.97 Å². The number of aromatic carboxylic acids is 1. The topological polar surface area (TPSA) is 76.0 Å². The van der Waals surface area contributed by atoms with Gasteiger partial charge in [0.15, 0.2) is 11.5 Å². The van der Waals surface area contributed by atoms with E-state index in [1.54, 1.807) is 24.3 Å². The van der Waals surface area contributed by atoms with Crippen LogP contribution in [-0.2, 0) is 6.61 Å². The normalized spacial score (nSPS) is 10.2. The molecule has 6 heteroatoms. The highest BCUT2D eigenvalue weighted by atomic mass is 35.5. The van der Waals surface area contributed by atoms with Crippen molar-refractivity contribution in [3.8, 4) is 17.2 Å². The molecule has 0 aliphatic carbocycles. The van der Waals surface area contributed by atoms with Crippen molar-refractivity contribution >= 4 is 17.6 Å². The largest absolute Gasteiger partial charge is 0.508 e. The average molecular weight is 309 g/mol. The van der Waals surface area contributed by atoms with Crippen LogP contribution in [0, 0.1) is 0 Å². The number of carbonyl (C=O) groups is 1. The minimum absolute atomic E-state index is 0.0153. The predicted octanol–water partition coefficient (Wildman–Crippen LogP) is 3.33. The van der Waals surface area contributed by atoms with Crippen LogP contribution in [0.4, 0.5) is 0 Å². The Morgan fingerprint density at radius 3 is 2.67 bits per heavy atom. The second-order valence-corrected chi connectivity index (χ2v) is 4.66. The quantitative estimate of drug-likeness (QED) is 0.886. The smallest absolute Gasteiger partial charge is 0.335 e. The first-order valence-electron chi connectivity index (χ1n) is 6.03. The van der Waals surface area contributed by atoms with Gasteiger partial charge in [-0.05, 0) is 29.8 Å². The van der Waals surface area contributed by atoms with Crippen LogP contribution < -0.4 is 9.47 Å². The monoisotopic (exact) mass is 308 g/mol. The van der Waals surface area contributed by atoms with E-state index in [-0.39, 0.29) is 34.4 Å². The maximum atomic E-state index is 11.0. The summed E-state index contributed by atoms with van der Waals surface area (Å²) in [7, 11) is 1.40. The summed E-state index contributed by atoms with van der Waals surface area (Å²) in [6.07, 6.45) is 0. The molecule has 110 valence electrons. The molecule has 0 fully saturated rings. The van der Waals surface area contributed by atoms with E-state index in [2.05, 4.69) is 0 Å². The summed E-state index contributed by atoms with van der Waals surface area (Å²) in [5.41, 5.74) is 0.761. The molecule has 0 bridgehead atoms. The van der Waals surface area contributed by atoms with Gasteiger partial charge in [-0.2, -0.15) is 0 Å². The molecule has 0 atom stereocenters. The third-order valence-electron chi connectivity index (χ3n) is 2.77. The van der Waals surface area contributed by atoms with Crippen LogP contribution in [-0.4, -0.2) is 23.3 Å². The highest BCUT2D eigenvalue weighted by Crippen LogP contribution is 2.37. The van der Waals surface area contributed by atoms with Gasteiger partial charge in [0.2, 0.25) is 0 Å². The van der Waals surface area contributed by atoms with E-state index in [9.17, 15) is 9.90 Å². The number of hydrogen-bond acceptors (Lipinski definition) is 4. The summed E-state index contributed by atoms with van der Waals surface area (Å²) < 4.78 is 10.7. The SMILES string of the molecule is COc1cc(C(=O)O)cc(Cl)c1OCc1cccc(O)c1. The van der Waals surface area contributed by atoms with Gasteiger partial charge < -0.3 is 19.7 Å². The van der Waals surface area contributed by atoms with Crippen LogP contribution in [0.25, 0.3) is 0 Å². The Hall–Kier alpha value is -2.40. The minimum Gasteiger partial charge on any atom is -0.508 e. The van der Waals surface area contributed by atoms with Crippen LogP contribution in [0.1, 0.15) is 15.9 Å². The number of rotatable bonds is 5. The number of ether oxygens (including phenoxy) is 2. The third kappa shape index (κ3) is 3.58. The van der Waals surface area contributed by atoms with Crippen LogP contribution in [0.15, 0.2) is 36.4 Å². The fourth-order valence-corrected chi connectivity index (χ4v) is 2.05. The molecule has 0 spiro atoms. The summed E-state index contributed by atoms with van der Waals surface area (Å²) in [6.45, 7) is 0.164. The molecule has 2 N–H and O–H groups in total. The summed E-state index contributed by atoms with van der Waals surface area (Å²) in [5, 5.41) is 18.5. The Bertz CT molecular complexity index is 669. The molecule has 21 heavy (non-hydrogen) atoms. The van der Waals surface area contributed by atoms with Crippen LogP contribution in [0.2, 0.25) is 5.02 Å². The Morgan fingerprint density at radius 2 is 2.05 bits per heavy atom. The highest BCUT2D eigenvalue weighted by molar-refractivity contribution is 6.32. The summed E-state index contributed by atoms with van der Waals surface area (Å²) in [6, 6.07) is 9.23. The molecule has 0 aliphatic rings. The van der Waals surface area contributed by atoms with Crippen molar-refractivity contribution < 1.29 is 24.5 Å². The maximum Gasteiger partial charge on any atom is 0.335 e. The Kier molecular flexibility index (Phi) is 4.55. The number of methoxy groups -OCH3 is 1. The first-order chi connectivity index (χ1) is 10.0. The fourth-order valence-electron chi connectivity index (χ4n) is 1.79. The number of hydrogen-bond donors (Lipinski definition) is 2. The molecule has 0 heterocycles. The van der Waals surface area contributed by atoms with E-state index >= 15 is 0 Å². The summed E-state index contributed by atoms with van der Waals surface area (Å²) in [5.74, 6) is -0.474. The molecule has 0 radical (unpaired) electrons. The number of phenolic OH excluding ortho intramolecular Hbond substituents is 1. The number of benzene rings is 2. The van der Waals surface area contributed by atoms with E-state index in [1.165, 1.54) is 19.2 Å². The van der Waals surface area contributed by atoms with Crippen molar-refractivity contribution in [1.29, 1.82) is 0 Å². The van der Waals surface area contributed by atoms with Gasteiger partial charge in [-0.3, -0.25) is 0 Å². The van der Waals surface area contributed by atoms with Crippen molar-refractivity contribution in [3.05, 3.63) is 52.5 Å². The third-order valence-corrected chi connectivity index (χ3v) is 3.05. The summed E-state index contributed by atoms with van der Waals surface area (Å²) in [4.78, 5) is 11.0. The Labute approximate surface area is 126 Å². The van der Waals surface area contributed by atoms with E-state index in [0.29, 0.717) is 0 Å². The number of aromatic hydroxyl groups is 1. The zero-order valence-electron chi connectivity index (χ0n) is 11.2. The maximum absolute atomic E-state index is 11.0. The van der Waals surface area contributed by atoms with Gasteiger partial charge in [-0.25, -0.2) is 4.79 Å². The van der Waals surface area contributed by atoms with E-state index in [1.807, 2.05) is 0 Å². The predicted molar refractivity (Wildman–Crippen MR) is 77.4 cm³/mol. The molecule has 2 aromatic carbocycles. The lowest BCUT2D eigenvalue weighted by Gasteiger charge is -2.13. The molecule has 0 unspecified atom stereocenters. The van der Waals surface area contributed by atoms with Crippen molar-refractivity contribution in [2.24, 2.45) is 0 Å². The summed E-state index contributed by atoms with van der Waals surface area (Å²) >= 11 is 6.04. The van der Waals surface area contributed by atoms with Crippen molar-refractivity contribution in [1.82, 2.24) is 0 Å². The lowest BCUT2D eigenvalue weighted by molar-refractivity contribution is 0.0696. The average Bonchev–Trinajstić information content (AvgIpc) is 2.45. The van der Waals surface area contributed by atoms with Gasteiger partial charge >= 0.3 is 5.97 Å². The molecular formula is C15H13ClO5. The second-order valence-electron chi connectivity index (χ2n) is 4.25. The molecule has 0 aliphatic heterocycles. The zero-order chi connectivity index (χ0) is 15.4. The van der Waals surface area contributed by atoms with Gasteiger partial charge in [-0.15, -0.1) is 0 Å². The van der Waals surface area contributed by atoms with Crippen LogP contribution >= 0.6 is 11.6 Å². The van der Waals surface area contributed by atoms with E-state index in [4.69, 9.17) is 26.2 Å². The van der Waals surface area contributed by atoms with Crippen LogP contribution in [0.5, 0.6) is 17.2 Å². The molecule has 0 saturated heterocycles.